The number of carbonyl (C=O) groups excluding carboxylic acids is 1. The van der Waals surface area contributed by atoms with Crippen LogP contribution < -0.4 is 10.1 Å². The van der Waals surface area contributed by atoms with E-state index in [0.29, 0.717) is 0 Å². The van der Waals surface area contributed by atoms with Crippen molar-refractivity contribution in [2.45, 2.75) is 6.61 Å². The summed E-state index contributed by atoms with van der Waals surface area (Å²) in [6.45, 7) is 0.217. The average molecular weight is 283 g/mol. The highest BCUT2D eigenvalue weighted by molar-refractivity contribution is 5.69. The van der Waals surface area contributed by atoms with E-state index >= 15 is 0 Å². The number of carbonyl (C=O) groups is 1. The quantitative estimate of drug-likeness (QED) is 0.912. The Morgan fingerprint density at radius 1 is 1.10 bits per heavy atom. The van der Waals surface area contributed by atoms with Crippen molar-refractivity contribution in [3.05, 3.63) is 71.9 Å². The molecule has 0 aliphatic heterocycles. The molecule has 0 atom stereocenters. The van der Waals surface area contributed by atoms with Crippen LogP contribution in [0, 0.1) is 0 Å². The largest absolute Gasteiger partial charge is 0.497 e. The lowest BCUT2D eigenvalue weighted by atomic mass is 10.2. The summed E-state index contributed by atoms with van der Waals surface area (Å²) in [5.41, 5.74) is 1.91. The van der Waals surface area contributed by atoms with Gasteiger partial charge in [-0.2, -0.15) is 0 Å². The van der Waals surface area contributed by atoms with Crippen molar-refractivity contribution >= 4 is 12.2 Å². The second-order valence-corrected chi connectivity index (χ2v) is 4.31. The molecule has 1 N–H and O–H groups in total. The Kier molecular flexibility index (Phi) is 5.41. The molecule has 0 bridgehead atoms. The minimum atomic E-state index is -0.488. The zero-order valence-electron chi connectivity index (χ0n) is 11.8. The first-order valence-corrected chi connectivity index (χ1v) is 6.56. The molecule has 0 saturated carbocycles. The fourth-order valence-corrected chi connectivity index (χ4v) is 1.68. The molecule has 2 aromatic rings. The van der Waals surface area contributed by atoms with Crippen molar-refractivity contribution in [2.75, 3.05) is 7.11 Å². The number of nitrogens with one attached hydrogen (secondary N) is 1. The van der Waals surface area contributed by atoms with Crippen molar-refractivity contribution in [2.24, 2.45) is 0 Å². The Morgan fingerprint density at radius 3 is 2.48 bits per heavy atom. The van der Waals surface area contributed by atoms with E-state index in [1.54, 1.807) is 19.4 Å². The van der Waals surface area contributed by atoms with Gasteiger partial charge in [0.15, 0.2) is 0 Å². The maximum atomic E-state index is 11.5. The van der Waals surface area contributed by atoms with Crippen LogP contribution >= 0.6 is 0 Å². The summed E-state index contributed by atoms with van der Waals surface area (Å²) >= 11 is 0. The van der Waals surface area contributed by atoms with Gasteiger partial charge in [-0.25, -0.2) is 4.79 Å². The molecule has 4 heteroatoms. The molecular weight excluding hydrogens is 266 g/mol. The first-order valence-electron chi connectivity index (χ1n) is 6.56. The minimum absolute atomic E-state index is 0.217. The molecule has 21 heavy (non-hydrogen) atoms. The van der Waals surface area contributed by atoms with Crippen molar-refractivity contribution in [1.82, 2.24) is 5.32 Å². The van der Waals surface area contributed by atoms with Crippen molar-refractivity contribution < 1.29 is 14.3 Å². The van der Waals surface area contributed by atoms with Crippen molar-refractivity contribution in [3.8, 4) is 5.75 Å². The Hall–Kier alpha value is -2.75. The number of amides is 1. The highest BCUT2D eigenvalue weighted by atomic mass is 16.5. The first kappa shape index (κ1) is 14.7. The molecule has 2 aromatic carbocycles. The number of methoxy groups -OCH3 is 1. The van der Waals surface area contributed by atoms with Gasteiger partial charge in [-0.15, -0.1) is 0 Å². The third kappa shape index (κ3) is 5.03. The second-order valence-electron chi connectivity index (χ2n) is 4.31. The van der Waals surface area contributed by atoms with Crippen LogP contribution in [0.3, 0.4) is 0 Å². The van der Waals surface area contributed by atoms with Gasteiger partial charge in [0.2, 0.25) is 0 Å². The molecule has 0 aliphatic rings. The fourth-order valence-electron chi connectivity index (χ4n) is 1.68. The Morgan fingerprint density at radius 2 is 1.81 bits per heavy atom. The number of rotatable bonds is 5. The highest BCUT2D eigenvalue weighted by Crippen LogP contribution is 2.11. The maximum absolute atomic E-state index is 11.5. The number of alkyl carbamates (subject to hydrolysis) is 1. The second kappa shape index (κ2) is 7.75. The van der Waals surface area contributed by atoms with Crippen LogP contribution in [-0.4, -0.2) is 13.2 Å². The normalized spacial score (nSPS) is 10.3. The van der Waals surface area contributed by atoms with E-state index in [1.165, 1.54) is 0 Å². The zero-order valence-corrected chi connectivity index (χ0v) is 11.8. The lowest BCUT2D eigenvalue weighted by Crippen LogP contribution is -2.18. The van der Waals surface area contributed by atoms with Crippen LogP contribution in [0.5, 0.6) is 5.75 Å². The lowest BCUT2D eigenvalue weighted by Gasteiger charge is -2.05. The van der Waals surface area contributed by atoms with E-state index < -0.39 is 6.09 Å². The molecule has 0 unspecified atom stereocenters. The maximum Gasteiger partial charge on any atom is 0.411 e. The van der Waals surface area contributed by atoms with Gasteiger partial charge in [-0.3, -0.25) is 5.32 Å². The molecule has 0 aliphatic carbocycles. The summed E-state index contributed by atoms with van der Waals surface area (Å²) in [7, 11) is 1.61. The Balaban J connectivity index is 1.75. The monoisotopic (exact) mass is 283 g/mol. The topological polar surface area (TPSA) is 47.6 Å². The fraction of sp³-hybridized carbons (Fsp3) is 0.118. The van der Waals surface area contributed by atoms with Gasteiger partial charge in [-0.05, 0) is 29.3 Å². The molecule has 0 spiro atoms. The first-order chi connectivity index (χ1) is 10.3. The van der Waals surface area contributed by atoms with Gasteiger partial charge in [0.1, 0.15) is 12.4 Å². The van der Waals surface area contributed by atoms with Gasteiger partial charge in [0.25, 0.3) is 0 Å². The van der Waals surface area contributed by atoms with Crippen LogP contribution in [-0.2, 0) is 11.3 Å². The lowest BCUT2D eigenvalue weighted by molar-refractivity contribution is 0.143. The van der Waals surface area contributed by atoms with Gasteiger partial charge >= 0.3 is 6.09 Å². The molecule has 108 valence electrons. The number of hydrogen-bond acceptors (Lipinski definition) is 3. The van der Waals surface area contributed by atoms with Crippen LogP contribution in [0.1, 0.15) is 11.1 Å². The van der Waals surface area contributed by atoms with E-state index in [-0.39, 0.29) is 6.61 Å². The average Bonchev–Trinajstić information content (AvgIpc) is 2.54. The summed E-state index contributed by atoms with van der Waals surface area (Å²) in [4.78, 5) is 11.5. The number of hydrogen-bond donors (Lipinski definition) is 1. The highest BCUT2D eigenvalue weighted by Gasteiger charge is 2.00. The molecule has 0 heterocycles. The summed E-state index contributed by atoms with van der Waals surface area (Å²) < 4.78 is 10.2. The van der Waals surface area contributed by atoms with E-state index in [4.69, 9.17) is 9.47 Å². The van der Waals surface area contributed by atoms with Crippen LogP contribution in [0.4, 0.5) is 4.79 Å². The minimum Gasteiger partial charge on any atom is -0.497 e. The zero-order chi connectivity index (χ0) is 14.9. The molecular formula is C17H17NO3. The third-order valence-corrected chi connectivity index (χ3v) is 2.81. The molecule has 0 saturated heterocycles. The van der Waals surface area contributed by atoms with Crippen molar-refractivity contribution in [3.63, 3.8) is 0 Å². The summed E-state index contributed by atoms with van der Waals surface area (Å²) in [5.74, 6) is 0.772. The van der Waals surface area contributed by atoms with Crippen LogP contribution in [0.2, 0.25) is 0 Å². The molecule has 4 nitrogen and oxygen atoms in total. The third-order valence-electron chi connectivity index (χ3n) is 2.81. The van der Waals surface area contributed by atoms with Crippen LogP contribution in [0.15, 0.2) is 60.8 Å². The van der Waals surface area contributed by atoms with Gasteiger partial charge < -0.3 is 9.47 Å². The van der Waals surface area contributed by atoms with Crippen molar-refractivity contribution in [1.29, 1.82) is 0 Å². The van der Waals surface area contributed by atoms with E-state index in [9.17, 15) is 4.79 Å². The van der Waals surface area contributed by atoms with Crippen LogP contribution in [0.25, 0.3) is 6.08 Å². The standard InChI is InChI=1S/C17H17NO3/c1-20-16-9-7-15(8-10-16)13-21-17(19)18-12-11-14-5-3-2-4-6-14/h2-12H,13H2,1H3,(H,18,19)/b12-11+. The molecule has 1 amide bonds. The number of benzene rings is 2. The van der Waals surface area contributed by atoms with Gasteiger partial charge in [0.05, 0.1) is 7.11 Å². The Labute approximate surface area is 124 Å². The summed E-state index contributed by atoms with van der Waals surface area (Å²) in [6, 6.07) is 17.1. The summed E-state index contributed by atoms with van der Waals surface area (Å²) in [5, 5.41) is 2.56. The summed E-state index contributed by atoms with van der Waals surface area (Å²) in [6.07, 6.45) is 2.87. The predicted molar refractivity (Wildman–Crippen MR) is 81.8 cm³/mol. The smallest absolute Gasteiger partial charge is 0.411 e. The van der Waals surface area contributed by atoms with Gasteiger partial charge in [0, 0.05) is 6.20 Å². The SMILES string of the molecule is COc1ccc(COC(=O)N/C=C/c2ccccc2)cc1. The predicted octanol–water partition coefficient (Wildman–Crippen LogP) is 3.59. The van der Waals surface area contributed by atoms with E-state index in [0.717, 1.165) is 16.9 Å². The molecule has 0 radical (unpaired) electrons. The number of ether oxygens (including phenoxy) is 2. The Bertz CT molecular complexity index is 591. The molecule has 0 fully saturated rings. The molecule has 0 aromatic heterocycles. The van der Waals surface area contributed by atoms with E-state index in [1.807, 2.05) is 54.6 Å². The van der Waals surface area contributed by atoms with E-state index in [2.05, 4.69) is 5.32 Å². The molecule has 2 rings (SSSR count). The van der Waals surface area contributed by atoms with Gasteiger partial charge in [-0.1, -0.05) is 42.5 Å².